The van der Waals surface area contributed by atoms with Crippen molar-refractivity contribution in [1.82, 2.24) is 40.0 Å². The lowest BCUT2D eigenvalue weighted by Crippen LogP contribution is -2.59. The second-order valence-electron chi connectivity index (χ2n) is 18.5. The van der Waals surface area contributed by atoms with Gasteiger partial charge in [-0.3, -0.25) is 34.5 Å². The summed E-state index contributed by atoms with van der Waals surface area (Å²) in [5.74, 6) is -5.23. The number of ether oxygens (including phenoxy) is 1. The number of likely N-dealkylation sites (tertiary alicyclic amines) is 2. The smallest absolute Gasteiger partial charge is 0.328 e. The molecule has 5 aromatic rings. The van der Waals surface area contributed by atoms with E-state index in [1.807, 2.05) is 17.0 Å². The first-order chi connectivity index (χ1) is 32.7. The third-order valence-corrected chi connectivity index (χ3v) is 14.6. The number of aryl methyl sites for hydroxylation is 1. The lowest BCUT2D eigenvalue weighted by atomic mass is 9.68. The van der Waals surface area contributed by atoms with Gasteiger partial charge >= 0.3 is 6.03 Å². The number of rotatable bonds is 10. The molecule has 3 N–H and O–H groups in total. The number of nitrogens with zero attached hydrogens (tertiary/aromatic N) is 8. The minimum atomic E-state index is -3.08. The van der Waals surface area contributed by atoms with Gasteiger partial charge in [-0.1, -0.05) is 6.07 Å². The molecule has 0 bridgehead atoms. The summed E-state index contributed by atoms with van der Waals surface area (Å²) in [5.41, 5.74) is 3.80. The van der Waals surface area contributed by atoms with E-state index >= 15 is 17.6 Å². The Labute approximate surface area is 389 Å². The Kier molecular flexibility index (Phi) is 11.6. The zero-order valence-electron chi connectivity index (χ0n) is 37.9. The number of carbonyl (C=O) groups is 4. The molecule has 1 saturated carbocycles. The fourth-order valence-corrected chi connectivity index (χ4v) is 10.5. The molecular weight excluding hydrogens is 887 g/mol. The van der Waals surface area contributed by atoms with E-state index in [2.05, 4.69) is 20.9 Å². The number of nitrogens with one attached hydrogen (secondary N) is 3. The number of carbonyl (C=O) groups excluding carboxylic acids is 4. The lowest BCUT2D eigenvalue weighted by Gasteiger charge is -2.51. The number of piperidine rings is 2. The van der Waals surface area contributed by atoms with E-state index in [0.29, 0.717) is 64.9 Å². The van der Waals surface area contributed by atoms with E-state index in [1.54, 1.807) is 38.2 Å². The van der Waals surface area contributed by atoms with Crippen molar-refractivity contribution in [1.29, 1.82) is 0 Å². The molecule has 0 radical (unpaired) electrons. The van der Waals surface area contributed by atoms with Crippen LogP contribution in [0.1, 0.15) is 76.1 Å². The van der Waals surface area contributed by atoms with Crippen LogP contribution in [0.5, 0.6) is 0 Å². The van der Waals surface area contributed by atoms with Crippen molar-refractivity contribution < 1.29 is 41.5 Å². The van der Waals surface area contributed by atoms with Crippen molar-refractivity contribution in [2.24, 2.45) is 5.41 Å². The number of hydrogen-bond acceptors (Lipinski definition) is 11. The van der Waals surface area contributed by atoms with Gasteiger partial charge in [0.25, 0.3) is 17.7 Å². The van der Waals surface area contributed by atoms with E-state index in [0.717, 1.165) is 24.0 Å². The van der Waals surface area contributed by atoms with Crippen LogP contribution in [0.3, 0.4) is 0 Å². The Morgan fingerprint density at radius 3 is 2.38 bits per heavy atom. The molecule has 16 nitrogen and oxygen atoms in total. The number of fused-ring (bicyclic) bond motifs is 2. The number of anilines is 4. The van der Waals surface area contributed by atoms with Crippen LogP contribution < -0.4 is 25.8 Å². The molecule has 1 spiro atoms. The Hall–Kier alpha value is -6.67. The number of benzene rings is 2. The van der Waals surface area contributed by atoms with Gasteiger partial charge in [-0.25, -0.2) is 31.9 Å². The van der Waals surface area contributed by atoms with E-state index in [4.69, 9.17) is 14.8 Å². The standard InChI is InChI=1S/C48H51F4N11O5/c1-27-18-33(50)32(21-37(27)62-14-9-42(64)57-46(62)67)45(66)60-16-11-47(12-17-60)10-15-59(26-48(47,51)52)25-28-4-5-34(54-23-28)31-19-29(49)20-38-30(31)8-13-61(38)41-22-36(53-2)43-55-24-39(63(43)58-41)44(65)56-35-6-7-40(35)68-3/h4-5,18-24,35,40,53H,6-17,25-26H2,1-3H3,(H,56,65)(H,57,64,67)/t35-,40-/m1/s1. The third-order valence-electron chi connectivity index (χ3n) is 14.6. The van der Waals surface area contributed by atoms with Crippen LogP contribution in [-0.4, -0.2) is 125 Å². The fraction of sp³-hybridized carbons (Fsp3) is 0.438. The maximum absolute atomic E-state index is 16.3. The van der Waals surface area contributed by atoms with Gasteiger partial charge in [0.05, 0.1) is 41.8 Å². The zero-order chi connectivity index (χ0) is 47.6. The van der Waals surface area contributed by atoms with Crippen molar-refractivity contribution >= 4 is 52.3 Å². The van der Waals surface area contributed by atoms with Crippen molar-refractivity contribution in [3.05, 3.63) is 94.4 Å². The van der Waals surface area contributed by atoms with Crippen LogP contribution >= 0.6 is 0 Å². The zero-order valence-corrected chi connectivity index (χ0v) is 37.9. The van der Waals surface area contributed by atoms with Gasteiger partial charge in [-0.2, -0.15) is 0 Å². The van der Waals surface area contributed by atoms with Gasteiger partial charge in [0, 0.05) is 87.9 Å². The molecule has 2 atom stereocenters. The van der Waals surface area contributed by atoms with Crippen LogP contribution in [0.2, 0.25) is 0 Å². The normalized spacial score (nSPS) is 21.2. The number of halogens is 4. The van der Waals surface area contributed by atoms with Crippen molar-refractivity contribution in [3.8, 4) is 11.3 Å². The topological polar surface area (TPSA) is 170 Å². The molecule has 3 saturated heterocycles. The minimum Gasteiger partial charge on any atom is -0.385 e. The largest absolute Gasteiger partial charge is 0.385 e. The highest BCUT2D eigenvalue weighted by atomic mass is 19.3. The molecule has 0 unspecified atom stereocenters. The molecule has 20 heteroatoms. The average Bonchev–Trinajstić information content (AvgIpc) is 3.94. The molecule has 7 heterocycles. The highest BCUT2D eigenvalue weighted by Crippen LogP contribution is 2.51. The van der Waals surface area contributed by atoms with Crippen LogP contribution in [0.25, 0.3) is 16.9 Å². The maximum atomic E-state index is 16.3. The third kappa shape index (κ3) is 7.95. The summed E-state index contributed by atoms with van der Waals surface area (Å²) in [4.78, 5) is 66.7. The predicted octanol–water partition coefficient (Wildman–Crippen LogP) is 6.23. The van der Waals surface area contributed by atoms with Crippen LogP contribution in [0, 0.1) is 24.0 Å². The molecule has 3 aromatic heterocycles. The first kappa shape index (κ1) is 45.1. The monoisotopic (exact) mass is 937 g/mol. The van der Waals surface area contributed by atoms with Crippen molar-refractivity contribution in [2.75, 3.05) is 68.5 Å². The molecule has 1 aliphatic carbocycles. The molecule has 2 aromatic carbocycles. The molecule has 356 valence electrons. The molecule has 5 amide bonds. The van der Waals surface area contributed by atoms with E-state index in [9.17, 15) is 19.2 Å². The number of alkyl halides is 2. The number of urea groups is 1. The summed E-state index contributed by atoms with van der Waals surface area (Å²) in [5, 5.41) is 13.2. The SMILES string of the molecule is CNc1cc(N2CCc3c(-c4ccc(CN5CCC6(CCN(C(=O)c7cc(N8CCC(=O)NC8=O)c(C)cc7F)CC6)C(F)(F)C5)cn4)cc(F)cc32)nn2c(C(=O)N[C@@H]3CC[C@H]3OC)cnc12. The Bertz CT molecular complexity index is 2850. The summed E-state index contributed by atoms with van der Waals surface area (Å²) in [7, 11) is 3.37. The number of imidazole rings is 1. The Morgan fingerprint density at radius 1 is 0.912 bits per heavy atom. The molecule has 10 rings (SSSR count). The summed E-state index contributed by atoms with van der Waals surface area (Å²) >= 11 is 0. The number of hydrogen-bond donors (Lipinski definition) is 3. The summed E-state index contributed by atoms with van der Waals surface area (Å²) in [6, 6.07) is 10.0. The minimum absolute atomic E-state index is 0.0199. The van der Waals surface area contributed by atoms with Gasteiger partial charge in [0.1, 0.15) is 11.6 Å². The predicted molar refractivity (Wildman–Crippen MR) is 243 cm³/mol. The first-order valence-corrected chi connectivity index (χ1v) is 22.9. The summed E-state index contributed by atoms with van der Waals surface area (Å²) in [6.45, 7) is 2.33. The van der Waals surface area contributed by atoms with E-state index in [1.165, 1.54) is 44.8 Å². The number of imide groups is 1. The molecule has 5 aliphatic rings. The molecular formula is C48H51F4N11O5. The van der Waals surface area contributed by atoms with Crippen LogP contribution in [-0.2, 0) is 22.5 Å². The highest BCUT2D eigenvalue weighted by molar-refractivity contribution is 6.06. The van der Waals surface area contributed by atoms with E-state index in [-0.39, 0.29) is 81.2 Å². The fourth-order valence-electron chi connectivity index (χ4n) is 10.5. The Morgan fingerprint density at radius 2 is 1.69 bits per heavy atom. The number of methoxy groups -OCH3 is 1. The number of pyridine rings is 1. The van der Waals surface area contributed by atoms with Crippen molar-refractivity contribution in [3.63, 3.8) is 0 Å². The van der Waals surface area contributed by atoms with Gasteiger partial charge < -0.3 is 25.2 Å². The van der Waals surface area contributed by atoms with Gasteiger partial charge in [0.2, 0.25) is 5.91 Å². The Balaban J connectivity index is 0.797. The maximum Gasteiger partial charge on any atom is 0.328 e. The van der Waals surface area contributed by atoms with Crippen molar-refractivity contribution in [2.45, 2.75) is 76.5 Å². The number of aromatic nitrogens is 4. The van der Waals surface area contributed by atoms with Crippen LogP contribution in [0.4, 0.5) is 45.2 Å². The van der Waals surface area contributed by atoms with E-state index < -0.39 is 47.4 Å². The van der Waals surface area contributed by atoms with Gasteiger partial charge in [-0.15, -0.1) is 5.10 Å². The summed E-state index contributed by atoms with van der Waals surface area (Å²) in [6.07, 6.45) is 5.65. The lowest BCUT2D eigenvalue weighted by molar-refractivity contribution is -0.186. The number of amides is 5. The van der Waals surface area contributed by atoms with Gasteiger partial charge in [-0.05, 0) is 99.0 Å². The first-order valence-electron chi connectivity index (χ1n) is 22.9. The highest BCUT2D eigenvalue weighted by Gasteiger charge is 2.57. The second-order valence-corrected chi connectivity index (χ2v) is 18.5. The molecule has 68 heavy (non-hydrogen) atoms. The van der Waals surface area contributed by atoms with Gasteiger partial charge in [0.15, 0.2) is 17.2 Å². The molecule has 4 aliphatic heterocycles. The average molecular weight is 938 g/mol. The van der Waals surface area contributed by atoms with Crippen LogP contribution in [0.15, 0.2) is 54.9 Å². The molecule has 4 fully saturated rings. The second kappa shape index (κ2) is 17.4. The summed E-state index contributed by atoms with van der Waals surface area (Å²) < 4.78 is 70.3. The quantitative estimate of drug-likeness (QED) is 0.136.